The van der Waals surface area contributed by atoms with Gasteiger partial charge in [-0.2, -0.15) is 5.26 Å². The number of ether oxygens (including phenoxy) is 1. The Bertz CT molecular complexity index is 1330. The van der Waals surface area contributed by atoms with Crippen LogP contribution in [-0.4, -0.2) is 29.8 Å². The Labute approximate surface area is 194 Å². The number of piperidine rings is 1. The second-order valence-corrected chi connectivity index (χ2v) is 8.84. The number of nitrogens with one attached hydrogen (secondary N) is 1. The molecule has 33 heavy (non-hydrogen) atoms. The summed E-state index contributed by atoms with van der Waals surface area (Å²) in [6.07, 6.45) is 8.49. The van der Waals surface area contributed by atoms with Gasteiger partial charge < -0.3 is 14.6 Å². The van der Waals surface area contributed by atoms with Crippen LogP contribution in [0.5, 0.6) is 5.75 Å². The van der Waals surface area contributed by atoms with Crippen LogP contribution in [0.25, 0.3) is 33.2 Å². The molecule has 1 saturated heterocycles. The van der Waals surface area contributed by atoms with Gasteiger partial charge in [0.25, 0.3) is 0 Å². The molecule has 0 saturated carbocycles. The molecule has 1 aliphatic rings. The molecule has 5 rings (SSSR count). The number of methoxy groups -OCH3 is 1. The van der Waals surface area contributed by atoms with Gasteiger partial charge in [-0.05, 0) is 80.7 Å². The molecular weight excluding hydrogens is 408 g/mol. The quantitative estimate of drug-likeness (QED) is 0.429. The number of aromatic nitrogens is 2. The van der Waals surface area contributed by atoms with Crippen molar-refractivity contribution in [1.29, 1.82) is 5.26 Å². The monoisotopic (exact) mass is 436 g/mol. The molecule has 2 aromatic carbocycles. The number of nitriles is 1. The van der Waals surface area contributed by atoms with Gasteiger partial charge in [0.2, 0.25) is 0 Å². The predicted molar refractivity (Wildman–Crippen MR) is 132 cm³/mol. The van der Waals surface area contributed by atoms with E-state index < -0.39 is 0 Å². The van der Waals surface area contributed by atoms with Gasteiger partial charge in [-0.1, -0.05) is 12.1 Å². The second-order valence-electron chi connectivity index (χ2n) is 8.84. The first-order valence-electron chi connectivity index (χ1n) is 11.5. The van der Waals surface area contributed by atoms with Crippen LogP contribution in [-0.2, 0) is 0 Å². The molecule has 1 aliphatic heterocycles. The van der Waals surface area contributed by atoms with Gasteiger partial charge in [-0.3, -0.25) is 4.98 Å². The Kier molecular flexibility index (Phi) is 5.85. The summed E-state index contributed by atoms with van der Waals surface area (Å²) in [4.78, 5) is 4.56. The summed E-state index contributed by atoms with van der Waals surface area (Å²) in [5, 5.41) is 14.2. The number of fused-ring (bicyclic) bond motifs is 1. The molecule has 0 radical (unpaired) electrons. The highest BCUT2D eigenvalue weighted by atomic mass is 16.5. The first kappa shape index (κ1) is 21.2. The zero-order valence-corrected chi connectivity index (χ0v) is 19.1. The molecule has 1 fully saturated rings. The summed E-state index contributed by atoms with van der Waals surface area (Å²) >= 11 is 0. The molecule has 1 N–H and O–H groups in total. The van der Waals surface area contributed by atoms with Gasteiger partial charge in [-0.15, -0.1) is 0 Å². The summed E-state index contributed by atoms with van der Waals surface area (Å²) in [5.41, 5.74) is 6.08. The fourth-order valence-corrected chi connectivity index (χ4v) is 4.96. The van der Waals surface area contributed by atoms with Crippen molar-refractivity contribution in [3.05, 3.63) is 72.7 Å². The third-order valence-corrected chi connectivity index (χ3v) is 6.87. The molecular formula is C28H28N4O. The van der Waals surface area contributed by atoms with Gasteiger partial charge in [0.05, 0.1) is 18.7 Å². The fraction of sp³-hybridized carbons (Fsp3) is 0.286. The Morgan fingerprint density at radius 3 is 2.79 bits per heavy atom. The summed E-state index contributed by atoms with van der Waals surface area (Å²) in [6.45, 7) is 4.46. The molecule has 2 aromatic heterocycles. The van der Waals surface area contributed by atoms with Crippen molar-refractivity contribution in [3.63, 3.8) is 0 Å². The zero-order valence-electron chi connectivity index (χ0n) is 19.1. The Morgan fingerprint density at radius 2 is 2.00 bits per heavy atom. The van der Waals surface area contributed by atoms with Gasteiger partial charge in [0.1, 0.15) is 5.75 Å². The van der Waals surface area contributed by atoms with E-state index in [2.05, 4.69) is 52.3 Å². The van der Waals surface area contributed by atoms with E-state index in [0.29, 0.717) is 17.5 Å². The summed E-state index contributed by atoms with van der Waals surface area (Å²) in [5.74, 6) is 1.40. The molecule has 0 bridgehead atoms. The van der Waals surface area contributed by atoms with E-state index in [-0.39, 0.29) is 0 Å². The third-order valence-electron chi connectivity index (χ3n) is 6.87. The van der Waals surface area contributed by atoms with Gasteiger partial charge >= 0.3 is 0 Å². The van der Waals surface area contributed by atoms with Crippen LogP contribution in [0.3, 0.4) is 0 Å². The average Bonchev–Trinajstić information content (AvgIpc) is 3.27. The summed E-state index contributed by atoms with van der Waals surface area (Å²) < 4.78 is 7.79. The minimum Gasteiger partial charge on any atom is -0.497 e. The maximum Gasteiger partial charge on any atom is 0.119 e. The molecule has 5 heteroatoms. The highest BCUT2D eigenvalue weighted by molar-refractivity contribution is 5.97. The number of nitrogens with zero attached hydrogens (tertiary/aromatic N) is 3. The molecule has 0 spiro atoms. The molecule has 2 unspecified atom stereocenters. The van der Waals surface area contributed by atoms with Crippen LogP contribution >= 0.6 is 0 Å². The molecule has 3 heterocycles. The maximum absolute atomic E-state index is 9.53. The Hall–Kier alpha value is -3.62. The van der Waals surface area contributed by atoms with Crippen LogP contribution in [0, 0.1) is 17.2 Å². The van der Waals surface area contributed by atoms with Crippen LogP contribution in [0.1, 0.15) is 31.4 Å². The van der Waals surface area contributed by atoms with Crippen molar-refractivity contribution < 1.29 is 4.74 Å². The first-order valence-corrected chi connectivity index (χ1v) is 11.5. The molecule has 4 aromatic rings. The lowest BCUT2D eigenvalue weighted by Gasteiger charge is -2.30. The fourth-order valence-electron chi connectivity index (χ4n) is 4.96. The number of hydrogen-bond acceptors (Lipinski definition) is 4. The van der Waals surface area contributed by atoms with Crippen LogP contribution in [0.2, 0.25) is 0 Å². The maximum atomic E-state index is 9.53. The second kappa shape index (κ2) is 9.09. The highest BCUT2D eigenvalue weighted by Gasteiger charge is 2.24. The van der Waals surface area contributed by atoms with Crippen LogP contribution in [0.4, 0.5) is 0 Å². The predicted octanol–water partition coefficient (Wildman–Crippen LogP) is 5.81. The molecule has 2 atom stereocenters. The molecule has 0 amide bonds. The topological polar surface area (TPSA) is 62.9 Å². The van der Waals surface area contributed by atoms with Crippen molar-refractivity contribution in [2.24, 2.45) is 5.92 Å². The SMILES string of the molecule is COc1cccc(-c2cncc(-c3cn(C(C)C4CCCNC4)c4ccc(C#N)cc34)c2)c1. The Morgan fingerprint density at radius 1 is 1.12 bits per heavy atom. The lowest BCUT2D eigenvalue weighted by molar-refractivity contribution is 0.284. The van der Waals surface area contributed by atoms with Gasteiger partial charge in [-0.25, -0.2) is 0 Å². The number of pyridine rings is 1. The smallest absolute Gasteiger partial charge is 0.119 e. The largest absolute Gasteiger partial charge is 0.497 e. The standard InChI is InChI=1S/C28H28N4O/c1-19(22-6-4-10-30-15-22)32-18-27(26-11-20(14-29)8-9-28(26)32)24-12-23(16-31-17-24)21-5-3-7-25(13-21)33-2/h3,5,7-9,11-13,16-19,22,30H,4,6,10,15H2,1-2H3. The van der Waals surface area contributed by atoms with E-state index in [4.69, 9.17) is 4.74 Å². The van der Waals surface area contributed by atoms with Crippen LogP contribution < -0.4 is 10.1 Å². The van der Waals surface area contributed by atoms with Crippen LogP contribution in [0.15, 0.2) is 67.1 Å². The highest BCUT2D eigenvalue weighted by Crippen LogP contribution is 2.37. The zero-order chi connectivity index (χ0) is 22.8. The molecule has 0 aliphatic carbocycles. The number of hydrogen-bond donors (Lipinski definition) is 1. The Balaban J connectivity index is 1.62. The number of benzene rings is 2. The lowest BCUT2D eigenvalue weighted by atomic mass is 9.92. The van der Waals surface area contributed by atoms with Crippen molar-refractivity contribution in [3.8, 4) is 34.1 Å². The molecule has 166 valence electrons. The normalized spacial score (nSPS) is 16.9. The van der Waals surface area contributed by atoms with E-state index in [1.54, 1.807) is 7.11 Å². The van der Waals surface area contributed by atoms with E-state index in [9.17, 15) is 5.26 Å². The van der Waals surface area contributed by atoms with E-state index >= 15 is 0 Å². The third kappa shape index (κ3) is 4.10. The van der Waals surface area contributed by atoms with Crippen molar-refractivity contribution >= 4 is 10.9 Å². The van der Waals surface area contributed by atoms with Crippen molar-refractivity contribution in [1.82, 2.24) is 14.9 Å². The number of rotatable bonds is 5. The summed E-state index contributed by atoms with van der Waals surface area (Å²) in [6, 6.07) is 18.9. The lowest BCUT2D eigenvalue weighted by Crippen LogP contribution is -2.34. The minimum atomic E-state index is 0.358. The van der Waals surface area contributed by atoms with Crippen molar-refractivity contribution in [2.75, 3.05) is 20.2 Å². The van der Waals surface area contributed by atoms with Crippen molar-refractivity contribution in [2.45, 2.75) is 25.8 Å². The molecule has 5 nitrogen and oxygen atoms in total. The van der Waals surface area contributed by atoms with E-state index in [1.807, 2.05) is 42.7 Å². The first-order chi connectivity index (χ1) is 16.2. The van der Waals surface area contributed by atoms with Gasteiger partial charge in [0.15, 0.2) is 0 Å². The average molecular weight is 437 g/mol. The minimum absolute atomic E-state index is 0.358. The summed E-state index contributed by atoms with van der Waals surface area (Å²) in [7, 11) is 1.68. The van der Waals surface area contributed by atoms with E-state index in [1.165, 1.54) is 12.8 Å². The van der Waals surface area contributed by atoms with E-state index in [0.717, 1.165) is 52.0 Å². The van der Waals surface area contributed by atoms with Gasteiger partial charge in [0, 0.05) is 52.2 Å².